The van der Waals surface area contributed by atoms with E-state index in [9.17, 15) is 9.59 Å². The van der Waals surface area contributed by atoms with Crippen LogP contribution < -0.4 is 10.6 Å². The summed E-state index contributed by atoms with van der Waals surface area (Å²) in [6, 6.07) is 5.39. The predicted octanol–water partition coefficient (Wildman–Crippen LogP) is 1.98. The number of benzene rings is 1. The monoisotopic (exact) mass is 371 g/mol. The topological polar surface area (TPSA) is 74.2 Å². The minimum absolute atomic E-state index is 0.00812. The van der Waals surface area contributed by atoms with Crippen LogP contribution in [0.25, 0.3) is 11.0 Å². The molecule has 1 N–H and O–H groups in total. The molecule has 136 valence electrons. The molecule has 0 aliphatic carbocycles. The summed E-state index contributed by atoms with van der Waals surface area (Å²) in [6.07, 6.45) is 0.911. The van der Waals surface area contributed by atoms with Crippen molar-refractivity contribution in [3.8, 4) is 0 Å². The smallest absolute Gasteiger partial charge is 0.326 e. The molecule has 0 bridgehead atoms. The number of rotatable bonds is 2. The van der Waals surface area contributed by atoms with Crippen LogP contribution in [0.5, 0.6) is 0 Å². The molecule has 4 rings (SSSR count). The van der Waals surface area contributed by atoms with Gasteiger partial charge in [0, 0.05) is 44.2 Å². The number of hydrogen-bond acceptors (Lipinski definition) is 5. The molecule has 8 heteroatoms. The molecule has 1 saturated heterocycles. The van der Waals surface area contributed by atoms with E-state index in [0.717, 1.165) is 42.4 Å². The van der Waals surface area contributed by atoms with Crippen LogP contribution in [-0.2, 0) is 7.05 Å². The molecule has 1 aromatic carbocycles. The van der Waals surface area contributed by atoms with Crippen LogP contribution in [0.3, 0.4) is 0 Å². The Bertz CT molecular complexity index is 1020. The van der Waals surface area contributed by atoms with E-state index in [1.54, 1.807) is 35.1 Å². The molecule has 0 radical (unpaired) electrons. The second kappa shape index (κ2) is 6.60. The third-order valence-corrected chi connectivity index (χ3v) is 5.83. The average molecular weight is 371 g/mol. The van der Waals surface area contributed by atoms with Crippen molar-refractivity contribution >= 4 is 33.4 Å². The Morgan fingerprint density at radius 3 is 2.85 bits per heavy atom. The second-order valence-corrected chi connectivity index (χ2v) is 7.46. The zero-order chi connectivity index (χ0) is 18.3. The Balaban J connectivity index is 1.52. The van der Waals surface area contributed by atoms with Crippen LogP contribution in [0.1, 0.15) is 22.5 Å². The van der Waals surface area contributed by atoms with E-state index in [-0.39, 0.29) is 11.6 Å². The van der Waals surface area contributed by atoms with E-state index in [1.807, 2.05) is 17.9 Å². The molecule has 2 aromatic heterocycles. The summed E-state index contributed by atoms with van der Waals surface area (Å²) in [5.41, 5.74) is 2.96. The van der Waals surface area contributed by atoms with Gasteiger partial charge in [0.15, 0.2) is 5.13 Å². The molecule has 1 aliphatic heterocycles. The molecular weight excluding hydrogens is 350 g/mol. The van der Waals surface area contributed by atoms with Crippen molar-refractivity contribution < 1.29 is 4.79 Å². The highest BCUT2D eigenvalue weighted by Crippen LogP contribution is 2.22. The fourth-order valence-electron chi connectivity index (χ4n) is 3.35. The molecule has 0 spiro atoms. The Labute approximate surface area is 154 Å². The van der Waals surface area contributed by atoms with Gasteiger partial charge in [-0.3, -0.25) is 9.36 Å². The van der Waals surface area contributed by atoms with Crippen molar-refractivity contribution in [3.63, 3.8) is 0 Å². The number of fused-ring (bicyclic) bond motifs is 1. The number of thiazole rings is 1. The molecule has 1 aliphatic rings. The number of H-pyrrole nitrogens is 1. The summed E-state index contributed by atoms with van der Waals surface area (Å²) in [7, 11) is 1.71. The normalized spacial score (nSPS) is 15.5. The minimum Gasteiger partial charge on any atom is -0.346 e. The van der Waals surface area contributed by atoms with Crippen molar-refractivity contribution in [1.29, 1.82) is 0 Å². The van der Waals surface area contributed by atoms with Gasteiger partial charge in [0.1, 0.15) is 0 Å². The van der Waals surface area contributed by atoms with Gasteiger partial charge in [0.25, 0.3) is 5.91 Å². The molecule has 3 aromatic rings. The maximum Gasteiger partial charge on any atom is 0.326 e. The number of aryl methyl sites for hydroxylation is 2. The third-order valence-electron chi connectivity index (χ3n) is 4.81. The molecule has 26 heavy (non-hydrogen) atoms. The maximum absolute atomic E-state index is 12.9. The van der Waals surface area contributed by atoms with Gasteiger partial charge in [-0.2, -0.15) is 0 Å². The number of carbonyl (C=O) groups excluding carboxylic acids is 1. The first-order valence-electron chi connectivity index (χ1n) is 8.68. The van der Waals surface area contributed by atoms with Gasteiger partial charge in [0.2, 0.25) is 0 Å². The number of aromatic amines is 1. The van der Waals surface area contributed by atoms with E-state index in [4.69, 9.17) is 0 Å². The lowest BCUT2D eigenvalue weighted by atomic mass is 10.1. The molecular formula is C18H21N5O2S. The van der Waals surface area contributed by atoms with E-state index in [2.05, 4.69) is 20.2 Å². The molecule has 0 unspecified atom stereocenters. The molecule has 3 heterocycles. The number of anilines is 1. The Morgan fingerprint density at radius 2 is 2.08 bits per heavy atom. The van der Waals surface area contributed by atoms with Crippen LogP contribution in [0.4, 0.5) is 5.13 Å². The van der Waals surface area contributed by atoms with E-state index < -0.39 is 0 Å². The number of nitrogens with zero attached hydrogens (tertiary/aromatic N) is 4. The number of hydrogen-bond donors (Lipinski definition) is 1. The van der Waals surface area contributed by atoms with Crippen LogP contribution in [0.2, 0.25) is 0 Å². The highest BCUT2D eigenvalue weighted by atomic mass is 32.1. The first-order valence-corrected chi connectivity index (χ1v) is 9.56. The zero-order valence-electron chi connectivity index (χ0n) is 14.9. The molecule has 0 saturated carbocycles. The number of aromatic nitrogens is 3. The zero-order valence-corrected chi connectivity index (χ0v) is 15.7. The van der Waals surface area contributed by atoms with Gasteiger partial charge < -0.3 is 14.8 Å². The summed E-state index contributed by atoms with van der Waals surface area (Å²) < 4.78 is 1.55. The summed E-state index contributed by atoms with van der Waals surface area (Å²) >= 11 is 1.65. The van der Waals surface area contributed by atoms with Crippen molar-refractivity contribution in [2.75, 3.05) is 31.1 Å². The van der Waals surface area contributed by atoms with Gasteiger partial charge in [-0.25, -0.2) is 9.78 Å². The van der Waals surface area contributed by atoms with Gasteiger partial charge in [-0.05, 0) is 31.5 Å². The molecule has 1 fully saturated rings. The second-order valence-electron chi connectivity index (χ2n) is 6.63. The lowest BCUT2D eigenvalue weighted by Crippen LogP contribution is -2.35. The van der Waals surface area contributed by atoms with Gasteiger partial charge >= 0.3 is 5.69 Å². The standard InChI is InChI=1S/C18H21N5O2S/c1-12-11-26-18(19-12)23-7-3-6-22(8-9-23)16(24)13-4-5-15-14(10-13)20-17(25)21(15)2/h4-5,10-11H,3,6-9H2,1-2H3,(H,20,25). The van der Waals surface area contributed by atoms with E-state index >= 15 is 0 Å². The first-order chi connectivity index (χ1) is 12.5. The highest BCUT2D eigenvalue weighted by molar-refractivity contribution is 7.13. The molecule has 0 atom stereocenters. The number of imidazole rings is 1. The fourth-order valence-corrected chi connectivity index (χ4v) is 4.21. The minimum atomic E-state index is -0.172. The van der Waals surface area contributed by atoms with Crippen LogP contribution in [-0.4, -0.2) is 51.5 Å². The number of nitrogens with one attached hydrogen (secondary N) is 1. The van der Waals surface area contributed by atoms with Crippen molar-refractivity contribution in [1.82, 2.24) is 19.4 Å². The Hall–Kier alpha value is -2.61. The van der Waals surface area contributed by atoms with Gasteiger partial charge in [-0.1, -0.05) is 0 Å². The van der Waals surface area contributed by atoms with Crippen LogP contribution >= 0.6 is 11.3 Å². The van der Waals surface area contributed by atoms with Gasteiger partial charge in [-0.15, -0.1) is 11.3 Å². The quantitative estimate of drug-likeness (QED) is 0.748. The van der Waals surface area contributed by atoms with Crippen molar-refractivity contribution in [3.05, 3.63) is 45.3 Å². The fraction of sp³-hybridized carbons (Fsp3) is 0.389. The lowest BCUT2D eigenvalue weighted by molar-refractivity contribution is 0.0767. The maximum atomic E-state index is 12.9. The summed E-state index contributed by atoms with van der Waals surface area (Å²) in [4.78, 5) is 36.2. The van der Waals surface area contributed by atoms with Gasteiger partial charge in [0.05, 0.1) is 16.7 Å². The summed E-state index contributed by atoms with van der Waals surface area (Å²) in [5, 5.41) is 3.08. The highest BCUT2D eigenvalue weighted by Gasteiger charge is 2.22. The molecule has 1 amide bonds. The number of amides is 1. The Morgan fingerprint density at radius 1 is 1.23 bits per heavy atom. The van der Waals surface area contributed by atoms with E-state index in [0.29, 0.717) is 17.6 Å². The van der Waals surface area contributed by atoms with Crippen molar-refractivity contribution in [2.24, 2.45) is 7.05 Å². The predicted molar refractivity (Wildman–Crippen MR) is 103 cm³/mol. The SMILES string of the molecule is Cc1csc(N2CCCN(C(=O)c3ccc4c(c3)[nH]c(=O)n4C)CC2)n1. The number of carbonyl (C=O) groups is 1. The van der Waals surface area contributed by atoms with Crippen LogP contribution in [0, 0.1) is 6.92 Å². The third kappa shape index (κ3) is 3.01. The summed E-state index contributed by atoms with van der Waals surface area (Å²) in [6.45, 7) is 5.08. The van der Waals surface area contributed by atoms with Crippen LogP contribution in [0.15, 0.2) is 28.4 Å². The van der Waals surface area contributed by atoms with Crippen molar-refractivity contribution in [2.45, 2.75) is 13.3 Å². The first kappa shape index (κ1) is 16.8. The summed E-state index contributed by atoms with van der Waals surface area (Å²) in [5.74, 6) is 0.00812. The molecule has 7 nitrogen and oxygen atoms in total. The average Bonchev–Trinajstić information content (AvgIpc) is 3.07. The largest absolute Gasteiger partial charge is 0.346 e. The van der Waals surface area contributed by atoms with E-state index in [1.165, 1.54) is 0 Å². The Kier molecular flexibility index (Phi) is 4.28. The lowest BCUT2D eigenvalue weighted by Gasteiger charge is -2.21.